The fraction of sp³-hybridized carbons (Fsp3) is 0.833. The van der Waals surface area contributed by atoms with Crippen molar-refractivity contribution in [1.29, 1.82) is 0 Å². The molecule has 0 saturated carbocycles. The minimum atomic E-state index is -3.51. The molecular weight excluding hydrogens is 310 g/mol. The maximum absolute atomic E-state index is 11.4. The summed E-state index contributed by atoms with van der Waals surface area (Å²) in [7, 11) is -4.61. The molecule has 0 saturated heterocycles. The predicted molar refractivity (Wildman–Crippen MR) is 83.1 cm³/mol. The Balaban J connectivity index is 2.46. The zero-order chi connectivity index (χ0) is 16.1. The van der Waals surface area contributed by atoms with E-state index in [1.807, 2.05) is 0 Å². The van der Waals surface area contributed by atoms with Gasteiger partial charge < -0.3 is 4.74 Å². The molecule has 1 unspecified atom stereocenters. The number of hydrogen-bond donors (Lipinski definition) is 0. The van der Waals surface area contributed by atoms with E-state index in [4.69, 9.17) is 8.92 Å². The molecule has 0 aliphatic rings. The SMILES string of the molecule is CCS(=O)(=O)OC(C)c1ncn(COCC[Si](C)(C)C)n1. The Morgan fingerprint density at radius 1 is 1.38 bits per heavy atom. The molecule has 1 atom stereocenters. The lowest BCUT2D eigenvalue weighted by atomic mass is 10.4. The Bertz CT molecular complexity index is 539. The summed E-state index contributed by atoms with van der Waals surface area (Å²) in [4.78, 5) is 4.05. The van der Waals surface area contributed by atoms with Gasteiger partial charge in [0.05, 0.1) is 5.75 Å². The van der Waals surface area contributed by atoms with Gasteiger partial charge in [-0.1, -0.05) is 19.6 Å². The third-order valence-corrected chi connectivity index (χ3v) is 5.78. The van der Waals surface area contributed by atoms with E-state index in [2.05, 4.69) is 29.7 Å². The van der Waals surface area contributed by atoms with Gasteiger partial charge in [-0.25, -0.2) is 9.67 Å². The second-order valence-corrected chi connectivity index (χ2v) is 13.6. The van der Waals surface area contributed by atoms with Crippen LogP contribution in [-0.4, -0.2) is 43.6 Å². The van der Waals surface area contributed by atoms with Crippen LogP contribution in [-0.2, 0) is 25.8 Å². The summed E-state index contributed by atoms with van der Waals surface area (Å²) in [6.07, 6.45) is 0.820. The molecule has 0 aromatic carbocycles. The molecule has 0 aliphatic heterocycles. The van der Waals surface area contributed by atoms with Gasteiger partial charge in [0.1, 0.15) is 19.2 Å². The van der Waals surface area contributed by atoms with E-state index in [0.29, 0.717) is 19.2 Å². The summed E-state index contributed by atoms with van der Waals surface area (Å²) < 4.78 is 34.8. The largest absolute Gasteiger partial charge is 0.359 e. The molecule has 0 spiro atoms. The first-order chi connectivity index (χ1) is 9.63. The van der Waals surface area contributed by atoms with Gasteiger partial charge in [-0.15, -0.1) is 0 Å². The molecule has 1 aromatic heterocycles. The molecule has 0 N–H and O–H groups in total. The van der Waals surface area contributed by atoms with Crippen molar-refractivity contribution in [3.05, 3.63) is 12.2 Å². The van der Waals surface area contributed by atoms with Gasteiger partial charge in [0, 0.05) is 14.7 Å². The molecule has 9 heteroatoms. The van der Waals surface area contributed by atoms with Crippen LogP contribution in [0.1, 0.15) is 25.8 Å². The fourth-order valence-electron chi connectivity index (χ4n) is 1.42. The number of aromatic nitrogens is 3. The van der Waals surface area contributed by atoms with Crippen LogP contribution in [0, 0.1) is 0 Å². The molecule has 1 rings (SSSR count). The standard InChI is InChI=1S/C12H25N3O4SSi/c1-6-20(16,17)19-11(2)12-13-9-15(14-12)10-18-7-8-21(3,4)5/h9,11H,6-8,10H2,1-5H3. The summed E-state index contributed by atoms with van der Waals surface area (Å²) in [5, 5.41) is 4.17. The fourth-order valence-corrected chi connectivity index (χ4v) is 2.84. The molecule has 0 amide bonds. The van der Waals surface area contributed by atoms with E-state index < -0.39 is 24.3 Å². The Hall–Kier alpha value is -0.773. The van der Waals surface area contributed by atoms with Crippen LogP contribution < -0.4 is 0 Å². The first-order valence-electron chi connectivity index (χ1n) is 7.01. The van der Waals surface area contributed by atoms with Crippen LogP contribution in [0.5, 0.6) is 0 Å². The van der Waals surface area contributed by atoms with Gasteiger partial charge in [0.25, 0.3) is 10.1 Å². The third kappa shape index (κ3) is 7.16. The topological polar surface area (TPSA) is 83.3 Å². The summed E-state index contributed by atoms with van der Waals surface area (Å²) in [5.41, 5.74) is 0. The predicted octanol–water partition coefficient (Wildman–Crippen LogP) is 2.02. The van der Waals surface area contributed by atoms with Crippen molar-refractivity contribution in [2.45, 2.75) is 52.4 Å². The zero-order valence-corrected chi connectivity index (χ0v) is 15.2. The van der Waals surface area contributed by atoms with Crippen LogP contribution in [0.4, 0.5) is 0 Å². The highest BCUT2D eigenvalue weighted by atomic mass is 32.2. The molecule has 7 nitrogen and oxygen atoms in total. The third-order valence-electron chi connectivity index (χ3n) is 2.78. The average Bonchev–Trinajstić information content (AvgIpc) is 2.82. The van der Waals surface area contributed by atoms with Crippen LogP contribution in [0.3, 0.4) is 0 Å². The molecule has 21 heavy (non-hydrogen) atoms. The van der Waals surface area contributed by atoms with Crippen molar-refractivity contribution in [2.24, 2.45) is 0 Å². The highest BCUT2D eigenvalue weighted by molar-refractivity contribution is 7.86. The highest BCUT2D eigenvalue weighted by Gasteiger charge is 2.19. The molecule has 0 radical (unpaired) electrons. The summed E-state index contributed by atoms with van der Waals surface area (Å²) in [5.74, 6) is 0.263. The van der Waals surface area contributed by atoms with Gasteiger partial charge in [-0.3, -0.25) is 4.18 Å². The normalized spacial score (nSPS) is 14.3. The van der Waals surface area contributed by atoms with Gasteiger partial charge in [0.2, 0.25) is 0 Å². The maximum atomic E-state index is 11.4. The number of rotatable bonds is 9. The highest BCUT2D eigenvalue weighted by Crippen LogP contribution is 2.15. The van der Waals surface area contributed by atoms with E-state index in [0.717, 1.165) is 6.04 Å². The number of hydrogen-bond acceptors (Lipinski definition) is 6. The smallest absolute Gasteiger partial charge is 0.267 e. The lowest BCUT2D eigenvalue weighted by molar-refractivity contribution is 0.0775. The minimum absolute atomic E-state index is 0.0716. The molecular formula is C12H25N3O4SSi. The van der Waals surface area contributed by atoms with Crippen molar-refractivity contribution >= 4 is 18.2 Å². The lowest BCUT2D eigenvalue weighted by Crippen LogP contribution is -2.22. The van der Waals surface area contributed by atoms with E-state index in [-0.39, 0.29) is 5.75 Å². The summed E-state index contributed by atoms with van der Waals surface area (Å²) in [6.45, 7) is 11.0. The molecule has 122 valence electrons. The summed E-state index contributed by atoms with van der Waals surface area (Å²) in [6, 6.07) is 1.09. The van der Waals surface area contributed by atoms with Gasteiger partial charge in [0.15, 0.2) is 5.82 Å². The van der Waals surface area contributed by atoms with Crippen molar-refractivity contribution in [2.75, 3.05) is 12.4 Å². The second kappa shape index (κ2) is 7.48. The molecule has 1 aromatic rings. The Morgan fingerprint density at radius 3 is 2.62 bits per heavy atom. The minimum Gasteiger partial charge on any atom is -0.359 e. The first-order valence-corrected chi connectivity index (χ1v) is 12.3. The lowest BCUT2D eigenvalue weighted by Gasteiger charge is -2.15. The van der Waals surface area contributed by atoms with Crippen LogP contribution in [0.15, 0.2) is 6.33 Å². The van der Waals surface area contributed by atoms with Gasteiger partial charge >= 0.3 is 0 Å². The van der Waals surface area contributed by atoms with Crippen molar-refractivity contribution in [1.82, 2.24) is 14.8 Å². The van der Waals surface area contributed by atoms with Crippen molar-refractivity contribution < 1.29 is 17.3 Å². The summed E-state index contributed by atoms with van der Waals surface area (Å²) >= 11 is 0. The maximum Gasteiger partial charge on any atom is 0.267 e. The van der Waals surface area contributed by atoms with Crippen LogP contribution in [0.25, 0.3) is 0 Å². The van der Waals surface area contributed by atoms with E-state index in [1.165, 1.54) is 17.9 Å². The quantitative estimate of drug-likeness (QED) is 0.390. The van der Waals surface area contributed by atoms with E-state index >= 15 is 0 Å². The number of ether oxygens (including phenoxy) is 1. The number of nitrogens with zero attached hydrogens (tertiary/aromatic N) is 3. The first kappa shape index (κ1) is 18.3. The monoisotopic (exact) mass is 335 g/mol. The molecule has 0 fully saturated rings. The zero-order valence-electron chi connectivity index (χ0n) is 13.4. The van der Waals surface area contributed by atoms with Crippen LogP contribution >= 0.6 is 0 Å². The van der Waals surface area contributed by atoms with Crippen LogP contribution in [0.2, 0.25) is 25.7 Å². The molecule has 0 bridgehead atoms. The van der Waals surface area contributed by atoms with E-state index in [9.17, 15) is 8.42 Å². The second-order valence-electron chi connectivity index (χ2n) is 6.08. The Labute approximate surface area is 127 Å². The van der Waals surface area contributed by atoms with Gasteiger partial charge in [-0.05, 0) is 19.9 Å². The van der Waals surface area contributed by atoms with Crippen molar-refractivity contribution in [3.8, 4) is 0 Å². The van der Waals surface area contributed by atoms with E-state index in [1.54, 1.807) is 6.92 Å². The molecule has 1 heterocycles. The van der Waals surface area contributed by atoms with Gasteiger partial charge in [-0.2, -0.15) is 13.5 Å². The average molecular weight is 336 g/mol. The Kier molecular flexibility index (Phi) is 6.51. The Morgan fingerprint density at radius 2 is 2.05 bits per heavy atom. The van der Waals surface area contributed by atoms with Crippen molar-refractivity contribution in [3.63, 3.8) is 0 Å². The molecule has 0 aliphatic carbocycles.